The molecule has 0 aliphatic heterocycles. The zero-order valence-corrected chi connectivity index (χ0v) is 11.2. The van der Waals surface area contributed by atoms with E-state index in [9.17, 15) is 13.6 Å². The highest BCUT2D eigenvalue weighted by molar-refractivity contribution is 7.17. The van der Waals surface area contributed by atoms with E-state index in [1.807, 2.05) is 5.38 Å². The molecule has 4 nitrogen and oxygen atoms in total. The second-order valence-electron chi connectivity index (χ2n) is 4.19. The summed E-state index contributed by atoms with van der Waals surface area (Å²) >= 11 is 1.48. The van der Waals surface area contributed by atoms with Crippen LogP contribution in [0.15, 0.2) is 29.6 Å². The monoisotopic (exact) mass is 293 g/mol. The number of benzene rings is 1. The summed E-state index contributed by atoms with van der Waals surface area (Å²) in [5, 5.41) is 8.33. The summed E-state index contributed by atoms with van der Waals surface area (Å²) in [5.74, 6) is -1.53. The highest BCUT2D eigenvalue weighted by Gasteiger charge is 2.16. The van der Waals surface area contributed by atoms with Crippen LogP contribution >= 0.6 is 11.3 Å². The van der Waals surface area contributed by atoms with Crippen LogP contribution in [-0.4, -0.2) is 15.8 Å². The number of amides is 1. The number of carbonyl (C=O) groups is 1. The fraction of sp³-hybridized carbons (Fsp3) is 0.0769. The first kappa shape index (κ1) is 12.7. The molecular weight excluding hydrogens is 284 g/mol. The van der Waals surface area contributed by atoms with E-state index in [2.05, 4.69) is 10.4 Å². The van der Waals surface area contributed by atoms with Gasteiger partial charge in [0.2, 0.25) is 0 Å². The van der Waals surface area contributed by atoms with Crippen molar-refractivity contribution < 1.29 is 13.6 Å². The van der Waals surface area contributed by atoms with Gasteiger partial charge in [-0.05, 0) is 30.5 Å². The third-order valence-corrected chi connectivity index (χ3v) is 3.83. The van der Waals surface area contributed by atoms with Crippen LogP contribution in [0.1, 0.15) is 5.69 Å². The molecule has 0 bridgehead atoms. The molecule has 20 heavy (non-hydrogen) atoms. The maximum absolute atomic E-state index is 13.5. The number of hydrogen-bond donors (Lipinski definition) is 1. The van der Waals surface area contributed by atoms with Crippen LogP contribution in [0.3, 0.4) is 0 Å². The van der Waals surface area contributed by atoms with Gasteiger partial charge in [-0.3, -0.25) is 0 Å². The normalized spacial score (nSPS) is 10.9. The molecular formula is C13H9F2N3OS. The number of fused-ring (bicyclic) bond motifs is 1. The summed E-state index contributed by atoms with van der Waals surface area (Å²) < 4.78 is 28.4. The van der Waals surface area contributed by atoms with Crippen molar-refractivity contribution in [2.75, 3.05) is 5.32 Å². The topological polar surface area (TPSA) is 46.9 Å². The third kappa shape index (κ3) is 2.05. The Morgan fingerprint density at radius 3 is 2.90 bits per heavy atom. The average Bonchev–Trinajstić information content (AvgIpc) is 2.97. The van der Waals surface area contributed by atoms with Gasteiger partial charge >= 0.3 is 6.03 Å². The predicted molar refractivity (Wildman–Crippen MR) is 73.1 cm³/mol. The molecule has 1 N–H and O–H groups in total. The first-order valence-corrected chi connectivity index (χ1v) is 6.63. The number of nitrogens with one attached hydrogen (secondary N) is 1. The largest absolute Gasteiger partial charge is 0.347 e. The number of rotatable bonds is 1. The maximum atomic E-state index is 13.5. The van der Waals surface area contributed by atoms with E-state index in [0.29, 0.717) is 11.6 Å². The van der Waals surface area contributed by atoms with E-state index < -0.39 is 17.7 Å². The van der Waals surface area contributed by atoms with Gasteiger partial charge in [0.15, 0.2) is 0 Å². The zero-order valence-electron chi connectivity index (χ0n) is 10.4. The van der Waals surface area contributed by atoms with Gasteiger partial charge in [0.05, 0.1) is 21.6 Å². The molecule has 102 valence electrons. The molecule has 0 atom stereocenters. The maximum Gasteiger partial charge on any atom is 0.347 e. The Morgan fingerprint density at radius 1 is 1.35 bits per heavy atom. The van der Waals surface area contributed by atoms with Gasteiger partial charge in [0, 0.05) is 6.07 Å². The minimum Gasteiger partial charge on any atom is -0.303 e. The molecule has 0 radical (unpaired) electrons. The molecule has 3 rings (SSSR count). The lowest BCUT2D eigenvalue weighted by molar-refractivity contribution is 0.251. The van der Waals surface area contributed by atoms with Crippen molar-refractivity contribution in [1.82, 2.24) is 9.78 Å². The molecule has 0 saturated carbocycles. The van der Waals surface area contributed by atoms with Gasteiger partial charge in [-0.15, -0.1) is 11.3 Å². The number of thiophene rings is 1. The number of carbonyl (C=O) groups excluding carboxylic acids is 1. The Bertz CT molecular complexity index is 809. The Hall–Kier alpha value is -2.28. The fourth-order valence-electron chi connectivity index (χ4n) is 1.90. The van der Waals surface area contributed by atoms with Gasteiger partial charge in [-0.1, -0.05) is 0 Å². The predicted octanol–water partition coefficient (Wildman–Crippen LogP) is 3.76. The second-order valence-corrected chi connectivity index (χ2v) is 5.10. The minimum absolute atomic E-state index is 0.0899. The SMILES string of the molecule is Cc1nn(C(=O)Nc2ccc(F)cc2F)c2ccsc12. The fourth-order valence-corrected chi connectivity index (χ4v) is 2.72. The highest BCUT2D eigenvalue weighted by Crippen LogP contribution is 2.24. The van der Waals surface area contributed by atoms with Gasteiger partial charge in [0.1, 0.15) is 11.6 Å². The van der Waals surface area contributed by atoms with E-state index in [4.69, 9.17) is 0 Å². The standard InChI is InChI=1S/C13H9F2N3OS/c1-7-12-11(4-5-20-12)18(17-7)13(19)16-10-3-2-8(14)6-9(10)15/h2-6H,1H3,(H,16,19). The van der Waals surface area contributed by atoms with Gasteiger partial charge in [-0.2, -0.15) is 9.78 Å². The molecule has 0 aliphatic carbocycles. The number of aryl methyl sites for hydroxylation is 1. The Balaban J connectivity index is 1.95. The third-order valence-electron chi connectivity index (χ3n) is 2.82. The van der Waals surface area contributed by atoms with Crippen LogP contribution in [0.25, 0.3) is 10.2 Å². The van der Waals surface area contributed by atoms with E-state index in [1.165, 1.54) is 22.1 Å². The van der Waals surface area contributed by atoms with Crippen LogP contribution < -0.4 is 5.32 Å². The second kappa shape index (κ2) is 4.68. The van der Waals surface area contributed by atoms with Crippen LogP contribution in [0.5, 0.6) is 0 Å². The number of nitrogens with zero attached hydrogens (tertiary/aromatic N) is 2. The summed E-state index contributed by atoms with van der Waals surface area (Å²) in [6.45, 7) is 1.79. The average molecular weight is 293 g/mol. The number of anilines is 1. The van der Waals surface area contributed by atoms with E-state index in [1.54, 1.807) is 13.0 Å². The van der Waals surface area contributed by atoms with E-state index in [0.717, 1.165) is 16.5 Å². The number of halogens is 2. The minimum atomic E-state index is -0.830. The lowest BCUT2D eigenvalue weighted by Gasteiger charge is -2.06. The Kier molecular flexibility index (Phi) is 2.98. The lowest BCUT2D eigenvalue weighted by Crippen LogP contribution is -2.21. The van der Waals surface area contributed by atoms with Crippen molar-refractivity contribution in [2.24, 2.45) is 0 Å². The molecule has 0 fully saturated rings. The molecule has 7 heteroatoms. The van der Waals surface area contributed by atoms with E-state index >= 15 is 0 Å². The van der Waals surface area contributed by atoms with Crippen molar-refractivity contribution in [2.45, 2.75) is 6.92 Å². The molecule has 2 heterocycles. The summed E-state index contributed by atoms with van der Waals surface area (Å²) in [6.07, 6.45) is 0. The summed E-state index contributed by atoms with van der Waals surface area (Å²) in [6, 6.07) is 4.13. The van der Waals surface area contributed by atoms with Crippen molar-refractivity contribution in [3.63, 3.8) is 0 Å². The smallest absolute Gasteiger partial charge is 0.303 e. The number of hydrogen-bond acceptors (Lipinski definition) is 3. The molecule has 0 unspecified atom stereocenters. The number of aromatic nitrogens is 2. The lowest BCUT2D eigenvalue weighted by atomic mass is 10.3. The molecule has 0 saturated heterocycles. The Labute approximate surface area is 116 Å². The first-order valence-electron chi connectivity index (χ1n) is 5.75. The Morgan fingerprint density at radius 2 is 2.15 bits per heavy atom. The summed E-state index contributed by atoms with van der Waals surface area (Å²) in [4.78, 5) is 12.1. The van der Waals surface area contributed by atoms with Gasteiger partial charge in [0.25, 0.3) is 0 Å². The molecule has 0 spiro atoms. The van der Waals surface area contributed by atoms with E-state index in [-0.39, 0.29) is 5.69 Å². The van der Waals surface area contributed by atoms with Gasteiger partial charge < -0.3 is 5.32 Å². The van der Waals surface area contributed by atoms with Crippen molar-refractivity contribution in [3.05, 3.63) is 47.0 Å². The van der Waals surface area contributed by atoms with Crippen molar-refractivity contribution in [3.8, 4) is 0 Å². The van der Waals surface area contributed by atoms with Crippen LogP contribution in [0.4, 0.5) is 19.3 Å². The van der Waals surface area contributed by atoms with Crippen LogP contribution in [0.2, 0.25) is 0 Å². The molecule has 1 amide bonds. The molecule has 0 aliphatic rings. The summed E-state index contributed by atoms with van der Waals surface area (Å²) in [5.41, 5.74) is 1.30. The molecule has 1 aromatic carbocycles. The van der Waals surface area contributed by atoms with Crippen LogP contribution in [0, 0.1) is 18.6 Å². The first-order chi connectivity index (χ1) is 9.56. The highest BCUT2D eigenvalue weighted by atomic mass is 32.1. The van der Waals surface area contributed by atoms with Crippen molar-refractivity contribution in [1.29, 1.82) is 0 Å². The van der Waals surface area contributed by atoms with Crippen molar-refractivity contribution >= 4 is 33.3 Å². The van der Waals surface area contributed by atoms with Crippen LogP contribution in [-0.2, 0) is 0 Å². The quantitative estimate of drug-likeness (QED) is 0.742. The molecule has 3 aromatic rings. The molecule has 2 aromatic heterocycles. The zero-order chi connectivity index (χ0) is 14.3. The van der Waals surface area contributed by atoms with Gasteiger partial charge in [-0.25, -0.2) is 13.6 Å². The summed E-state index contributed by atoms with van der Waals surface area (Å²) in [7, 11) is 0.